The number of carbonyl (C=O) groups excluding carboxylic acids is 2. The predicted molar refractivity (Wildman–Crippen MR) is 181 cm³/mol. The number of pyridine rings is 1. The molecule has 2 atom stereocenters. The Morgan fingerprint density at radius 2 is 1.94 bits per heavy atom. The van der Waals surface area contributed by atoms with Crippen LogP contribution in [0.4, 0.5) is 5.69 Å². The molecule has 2 bridgehead atoms. The predicted octanol–water partition coefficient (Wildman–Crippen LogP) is 6.76. The normalized spacial score (nSPS) is 19.0. The molecule has 0 radical (unpaired) electrons. The van der Waals surface area contributed by atoms with Crippen molar-refractivity contribution in [2.75, 3.05) is 18.5 Å². The summed E-state index contributed by atoms with van der Waals surface area (Å²) in [5.41, 5.74) is 5.14. The van der Waals surface area contributed by atoms with Gasteiger partial charge >= 0.3 is 0 Å². The average molecular weight is 678 g/mol. The van der Waals surface area contributed by atoms with Gasteiger partial charge in [-0.3, -0.25) is 19.3 Å². The monoisotopic (exact) mass is 676 g/mol. The summed E-state index contributed by atoms with van der Waals surface area (Å²) in [7, 11) is 0. The highest BCUT2D eigenvalue weighted by molar-refractivity contribution is 6.31. The number of aromatic nitrogens is 6. The summed E-state index contributed by atoms with van der Waals surface area (Å²) >= 11 is 12.5. The molecule has 4 aromatic rings. The quantitative estimate of drug-likeness (QED) is 0.239. The highest BCUT2D eigenvalue weighted by Gasteiger charge is 2.31. The summed E-state index contributed by atoms with van der Waals surface area (Å²) in [6.45, 7) is 9.41. The average Bonchev–Trinajstić information content (AvgIpc) is 3.64. The molecule has 2 aliphatic rings. The van der Waals surface area contributed by atoms with Crippen molar-refractivity contribution in [2.45, 2.75) is 71.6 Å². The molecule has 0 spiro atoms. The summed E-state index contributed by atoms with van der Waals surface area (Å²) in [4.78, 5) is 33.9. The Bertz CT molecular complexity index is 1830. The van der Waals surface area contributed by atoms with Crippen LogP contribution in [-0.4, -0.2) is 65.2 Å². The molecular formula is C34H38Cl2N8O3. The van der Waals surface area contributed by atoms with Gasteiger partial charge in [0.15, 0.2) is 5.15 Å². The van der Waals surface area contributed by atoms with Crippen molar-refractivity contribution < 1.29 is 14.3 Å². The number of amides is 2. The second-order valence-electron chi connectivity index (χ2n) is 13.0. The van der Waals surface area contributed by atoms with E-state index in [4.69, 9.17) is 32.9 Å². The van der Waals surface area contributed by atoms with Gasteiger partial charge in [-0.05, 0) is 75.9 Å². The first kappa shape index (κ1) is 32.9. The smallest absolute Gasteiger partial charge is 0.247 e. The molecule has 0 fully saturated rings. The summed E-state index contributed by atoms with van der Waals surface area (Å²) in [6, 6.07) is 9.09. The molecule has 13 heteroatoms. The molecule has 3 aromatic heterocycles. The zero-order chi connectivity index (χ0) is 33.3. The largest absolute Gasteiger partial charge is 0.374 e. The molecule has 11 nitrogen and oxygen atoms in total. The molecule has 47 heavy (non-hydrogen) atoms. The minimum atomic E-state index is -0.290. The van der Waals surface area contributed by atoms with Crippen LogP contribution in [0.2, 0.25) is 10.2 Å². The van der Waals surface area contributed by atoms with Gasteiger partial charge in [-0.25, -0.2) is 4.68 Å². The van der Waals surface area contributed by atoms with E-state index in [9.17, 15) is 9.59 Å². The summed E-state index contributed by atoms with van der Waals surface area (Å²) in [5, 5.41) is 16.6. The lowest BCUT2D eigenvalue weighted by Gasteiger charge is -2.34. The Labute approximate surface area is 283 Å². The van der Waals surface area contributed by atoms with E-state index >= 15 is 0 Å². The minimum absolute atomic E-state index is 0.0595. The Hall–Kier alpha value is -4.06. The molecule has 5 heterocycles. The Morgan fingerprint density at radius 3 is 2.68 bits per heavy atom. The Balaban J connectivity index is 1.34. The third-order valence-electron chi connectivity index (χ3n) is 8.49. The number of hydrogen-bond donors (Lipinski definition) is 1. The van der Waals surface area contributed by atoms with Crippen molar-refractivity contribution in [3.63, 3.8) is 0 Å². The van der Waals surface area contributed by atoms with Gasteiger partial charge in [0.2, 0.25) is 11.8 Å². The maximum Gasteiger partial charge on any atom is 0.247 e. The van der Waals surface area contributed by atoms with Crippen LogP contribution in [0.25, 0.3) is 22.5 Å². The zero-order valence-corrected chi connectivity index (χ0v) is 28.4. The van der Waals surface area contributed by atoms with Crippen molar-refractivity contribution in [3.05, 3.63) is 76.4 Å². The van der Waals surface area contributed by atoms with Gasteiger partial charge in [0.05, 0.1) is 60.0 Å². The van der Waals surface area contributed by atoms with Gasteiger partial charge < -0.3 is 15.0 Å². The number of ether oxygens (including phenoxy) is 1. The van der Waals surface area contributed by atoms with E-state index in [1.54, 1.807) is 35.4 Å². The number of benzene rings is 1. The van der Waals surface area contributed by atoms with Gasteiger partial charge in [0.1, 0.15) is 0 Å². The van der Waals surface area contributed by atoms with Gasteiger partial charge in [0, 0.05) is 40.9 Å². The first-order chi connectivity index (χ1) is 22.5. The van der Waals surface area contributed by atoms with Gasteiger partial charge in [-0.1, -0.05) is 41.8 Å². The first-order valence-electron chi connectivity index (χ1n) is 15.8. The van der Waals surface area contributed by atoms with Crippen molar-refractivity contribution in [1.82, 2.24) is 34.7 Å². The lowest BCUT2D eigenvalue weighted by molar-refractivity contribution is -0.129. The molecule has 2 aliphatic heterocycles. The lowest BCUT2D eigenvalue weighted by Crippen LogP contribution is -2.38. The van der Waals surface area contributed by atoms with E-state index in [0.29, 0.717) is 49.7 Å². The van der Waals surface area contributed by atoms with Crippen LogP contribution in [0, 0.1) is 5.92 Å². The topological polar surface area (TPSA) is 120 Å². The van der Waals surface area contributed by atoms with Crippen molar-refractivity contribution in [3.8, 4) is 16.9 Å². The third-order valence-corrected chi connectivity index (χ3v) is 8.90. The van der Waals surface area contributed by atoms with Crippen LogP contribution >= 0.6 is 23.2 Å². The van der Waals surface area contributed by atoms with Crippen molar-refractivity contribution in [1.29, 1.82) is 0 Å². The molecular weight excluding hydrogens is 639 g/mol. The SMILES string of the molecule is C[C@@H]1CCC[C@H](N2CCC(c3cc(Cl)ccc3-n3cc(Cl)nn3)=CC2=O)c2cc(ccn2)-c2c(cnn2CCOC(C)(C)C)NC1=O. The van der Waals surface area contributed by atoms with Crippen LogP contribution < -0.4 is 5.32 Å². The molecule has 1 aromatic carbocycles. The zero-order valence-electron chi connectivity index (χ0n) is 26.9. The van der Waals surface area contributed by atoms with E-state index in [2.05, 4.69) is 20.7 Å². The van der Waals surface area contributed by atoms with Crippen LogP contribution in [0.15, 0.2) is 55.0 Å². The highest BCUT2D eigenvalue weighted by Crippen LogP contribution is 2.37. The first-order valence-corrected chi connectivity index (χ1v) is 16.6. The second-order valence-corrected chi connectivity index (χ2v) is 13.8. The third kappa shape index (κ3) is 7.42. The summed E-state index contributed by atoms with van der Waals surface area (Å²) < 4.78 is 9.42. The molecule has 0 saturated carbocycles. The Morgan fingerprint density at radius 1 is 1.11 bits per heavy atom. The van der Waals surface area contributed by atoms with E-state index in [0.717, 1.165) is 40.2 Å². The van der Waals surface area contributed by atoms with E-state index in [1.165, 1.54) is 0 Å². The minimum Gasteiger partial charge on any atom is -0.374 e. The van der Waals surface area contributed by atoms with Crippen LogP contribution in [0.3, 0.4) is 0 Å². The number of nitrogens with zero attached hydrogens (tertiary/aromatic N) is 7. The van der Waals surface area contributed by atoms with E-state index in [-0.39, 0.29) is 34.5 Å². The molecule has 2 amide bonds. The molecule has 0 aliphatic carbocycles. The Kier molecular flexibility index (Phi) is 9.50. The van der Waals surface area contributed by atoms with Gasteiger partial charge in [-0.2, -0.15) is 5.10 Å². The van der Waals surface area contributed by atoms with Crippen LogP contribution in [0.1, 0.15) is 70.7 Å². The number of carbonyl (C=O) groups is 2. The fourth-order valence-corrected chi connectivity index (χ4v) is 6.44. The van der Waals surface area contributed by atoms with Crippen molar-refractivity contribution in [2.24, 2.45) is 5.92 Å². The number of hydrogen-bond acceptors (Lipinski definition) is 7. The van der Waals surface area contributed by atoms with Crippen LogP contribution in [-0.2, 0) is 20.9 Å². The number of nitrogens with one attached hydrogen (secondary N) is 1. The number of halogens is 2. The maximum absolute atomic E-state index is 14.0. The second kappa shape index (κ2) is 13.6. The van der Waals surface area contributed by atoms with Crippen LogP contribution in [0.5, 0.6) is 0 Å². The van der Waals surface area contributed by atoms with Crippen molar-refractivity contribution >= 4 is 46.3 Å². The summed E-state index contributed by atoms with van der Waals surface area (Å²) in [5.74, 6) is -0.401. The standard InChI is InChI=1S/C34H38Cl2N8O3/c1-21-6-5-7-29(42-13-11-22(17-31(42)45)25-18-24(35)8-9-28(25)44-20-30(36)40-41-44)26-16-23(10-12-37-26)32-27(39-33(21)46)19-38-43(32)14-15-47-34(2,3)4/h8-10,12,16-21,29H,5-7,11,13-15H2,1-4H3,(H,39,46)/t21-,29+/m1/s1. The van der Waals surface area contributed by atoms with E-state index in [1.807, 2.05) is 61.5 Å². The van der Waals surface area contributed by atoms with E-state index < -0.39 is 0 Å². The molecule has 1 N–H and O–H groups in total. The highest BCUT2D eigenvalue weighted by atomic mass is 35.5. The lowest BCUT2D eigenvalue weighted by atomic mass is 9.93. The van der Waals surface area contributed by atoms with Gasteiger partial charge in [0.25, 0.3) is 0 Å². The fraction of sp³-hybridized carbons (Fsp3) is 0.412. The fourth-order valence-electron chi connectivity index (χ4n) is 6.14. The maximum atomic E-state index is 14.0. The molecule has 0 saturated heterocycles. The molecule has 6 rings (SSSR count). The number of fused-ring (bicyclic) bond motifs is 4. The molecule has 0 unspecified atom stereocenters. The number of anilines is 1. The summed E-state index contributed by atoms with van der Waals surface area (Å²) in [6.07, 6.45) is 9.42. The molecule has 246 valence electrons. The number of rotatable bonds is 6. The van der Waals surface area contributed by atoms with Gasteiger partial charge in [-0.15, -0.1) is 5.10 Å².